The average Bonchev–Trinajstić information content (AvgIpc) is 2.88. The zero-order chi connectivity index (χ0) is 15.0. The van der Waals surface area contributed by atoms with E-state index in [2.05, 4.69) is 10.3 Å². The molecule has 0 saturated carbocycles. The summed E-state index contributed by atoms with van der Waals surface area (Å²) in [5, 5.41) is 6.81. The molecule has 1 aromatic heterocycles. The van der Waals surface area contributed by atoms with Crippen molar-refractivity contribution in [2.45, 2.75) is 38.8 Å². The molecule has 6 heteroatoms. The van der Waals surface area contributed by atoms with Crippen LogP contribution in [0.2, 0.25) is 0 Å². The molecule has 0 spiro atoms. The molecule has 2 rings (SSSR count). The normalized spacial score (nSPS) is 12.7. The van der Waals surface area contributed by atoms with E-state index in [1.165, 1.54) is 4.68 Å². The van der Waals surface area contributed by atoms with Crippen LogP contribution in [-0.4, -0.2) is 15.0 Å². The molecule has 0 radical (unpaired) electrons. The number of hydrogen-bond donors (Lipinski definition) is 0. The standard InChI is InChI=1S/C14H16F3N3/c1-4-13(2,3)10-7-5-6-8-11(10)20-9-12(18-19-20)14(15,16)17/h5-9H,4H2,1-3H3. The highest BCUT2D eigenvalue weighted by atomic mass is 19.4. The van der Waals surface area contributed by atoms with Gasteiger partial charge in [-0.1, -0.05) is 44.2 Å². The van der Waals surface area contributed by atoms with Crippen molar-refractivity contribution in [1.29, 1.82) is 0 Å². The van der Waals surface area contributed by atoms with Gasteiger partial charge >= 0.3 is 6.18 Å². The van der Waals surface area contributed by atoms with Gasteiger partial charge in [0.15, 0.2) is 5.69 Å². The highest BCUT2D eigenvalue weighted by Crippen LogP contribution is 2.32. The molecule has 0 fully saturated rings. The maximum atomic E-state index is 12.6. The van der Waals surface area contributed by atoms with Gasteiger partial charge in [-0.3, -0.25) is 0 Å². The molecule has 108 valence electrons. The lowest BCUT2D eigenvalue weighted by Crippen LogP contribution is -2.18. The summed E-state index contributed by atoms with van der Waals surface area (Å²) < 4.78 is 39.0. The van der Waals surface area contributed by atoms with Crippen molar-refractivity contribution in [2.75, 3.05) is 0 Å². The van der Waals surface area contributed by atoms with Crippen molar-refractivity contribution < 1.29 is 13.2 Å². The van der Waals surface area contributed by atoms with Crippen LogP contribution < -0.4 is 0 Å². The Hall–Kier alpha value is -1.85. The number of halogens is 3. The van der Waals surface area contributed by atoms with Crippen molar-refractivity contribution in [3.05, 3.63) is 41.7 Å². The molecule has 2 aromatic rings. The smallest absolute Gasteiger partial charge is 0.220 e. The quantitative estimate of drug-likeness (QED) is 0.853. The minimum Gasteiger partial charge on any atom is -0.220 e. The molecule has 0 bridgehead atoms. The number of benzene rings is 1. The summed E-state index contributed by atoms with van der Waals surface area (Å²) in [6, 6.07) is 7.31. The summed E-state index contributed by atoms with van der Waals surface area (Å²) in [7, 11) is 0. The van der Waals surface area contributed by atoms with Crippen molar-refractivity contribution in [3.63, 3.8) is 0 Å². The molecule has 0 aliphatic carbocycles. The molecular weight excluding hydrogens is 267 g/mol. The Balaban J connectivity index is 2.51. The zero-order valence-electron chi connectivity index (χ0n) is 11.6. The minimum atomic E-state index is -4.48. The fraction of sp³-hybridized carbons (Fsp3) is 0.429. The van der Waals surface area contributed by atoms with E-state index in [9.17, 15) is 13.2 Å². The summed E-state index contributed by atoms with van der Waals surface area (Å²) in [5.74, 6) is 0. The summed E-state index contributed by atoms with van der Waals surface area (Å²) in [5.41, 5.74) is 0.436. The second-order valence-electron chi connectivity index (χ2n) is 5.30. The SMILES string of the molecule is CCC(C)(C)c1ccccc1-n1cc(C(F)(F)F)nn1. The highest BCUT2D eigenvalue weighted by molar-refractivity contribution is 5.44. The van der Waals surface area contributed by atoms with Crippen LogP contribution in [0.3, 0.4) is 0 Å². The van der Waals surface area contributed by atoms with E-state index < -0.39 is 11.9 Å². The summed E-state index contributed by atoms with van der Waals surface area (Å²) >= 11 is 0. The Labute approximate surface area is 115 Å². The van der Waals surface area contributed by atoms with Gasteiger partial charge in [-0.25, -0.2) is 4.68 Å². The monoisotopic (exact) mass is 283 g/mol. The Kier molecular flexibility index (Phi) is 3.58. The van der Waals surface area contributed by atoms with Gasteiger partial charge in [0.2, 0.25) is 0 Å². The second kappa shape index (κ2) is 4.92. The van der Waals surface area contributed by atoms with E-state index >= 15 is 0 Å². The third-order valence-corrected chi connectivity index (χ3v) is 3.55. The topological polar surface area (TPSA) is 30.7 Å². The van der Waals surface area contributed by atoms with Gasteiger partial charge in [0.1, 0.15) is 0 Å². The number of alkyl halides is 3. The van der Waals surface area contributed by atoms with Crippen LogP contribution in [0.15, 0.2) is 30.5 Å². The Morgan fingerprint density at radius 2 is 1.80 bits per heavy atom. The van der Waals surface area contributed by atoms with Crippen LogP contribution in [0.5, 0.6) is 0 Å². The molecule has 0 unspecified atom stereocenters. The van der Waals surface area contributed by atoms with Crippen molar-refractivity contribution in [2.24, 2.45) is 0 Å². The largest absolute Gasteiger partial charge is 0.436 e. The Morgan fingerprint density at radius 3 is 2.35 bits per heavy atom. The molecule has 1 aromatic carbocycles. The van der Waals surface area contributed by atoms with Crippen molar-refractivity contribution in [1.82, 2.24) is 15.0 Å². The Bertz CT molecular complexity index is 600. The summed E-state index contributed by atoms with van der Waals surface area (Å²) in [6.07, 6.45) is -2.69. The van der Waals surface area contributed by atoms with Crippen LogP contribution in [0.4, 0.5) is 13.2 Å². The van der Waals surface area contributed by atoms with Crippen LogP contribution >= 0.6 is 0 Å². The van der Waals surface area contributed by atoms with Crippen molar-refractivity contribution in [3.8, 4) is 5.69 Å². The molecule has 0 aliphatic heterocycles. The number of aromatic nitrogens is 3. The van der Waals surface area contributed by atoms with Crippen molar-refractivity contribution >= 4 is 0 Å². The van der Waals surface area contributed by atoms with Gasteiger partial charge in [0, 0.05) is 0 Å². The van der Waals surface area contributed by atoms with Crippen LogP contribution in [0.1, 0.15) is 38.4 Å². The second-order valence-corrected chi connectivity index (χ2v) is 5.30. The number of para-hydroxylation sites is 1. The van der Waals surface area contributed by atoms with E-state index in [0.29, 0.717) is 5.69 Å². The molecule has 1 heterocycles. The van der Waals surface area contributed by atoms with Gasteiger partial charge < -0.3 is 0 Å². The van der Waals surface area contributed by atoms with E-state index in [4.69, 9.17) is 0 Å². The van der Waals surface area contributed by atoms with Gasteiger partial charge in [-0.05, 0) is 23.5 Å². The van der Waals surface area contributed by atoms with Crippen LogP contribution in [0.25, 0.3) is 5.69 Å². The molecular formula is C14H16F3N3. The molecule has 20 heavy (non-hydrogen) atoms. The lowest BCUT2D eigenvalue weighted by atomic mass is 9.81. The first kappa shape index (κ1) is 14.6. The fourth-order valence-electron chi connectivity index (χ4n) is 1.95. The van der Waals surface area contributed by atoms with Gasteiger partial charge in [-0.2, -0.15) is 13.2 Å². The summed E-state index contributed by atoms with van der Waals surface area (Å²) in [4.78, 5) is 0. The van der Waals surface area contributed by atoms with Gasteiger partial charge in [-0.15, -0.1) is 5.10 Å². The number of nitrogens with zero attached hydrogens (tertiary/aromatic N) is 3. The summed E-state index contributed by atoms with van der Waals surface area (Å²) in [6.45, 7) is 6.14. The minimum absolute atomic E-state index is 0.152. The van der Waals surface area contributed by atoms with E-state index in [1.807, 2.05) is 32.9 Å². The maximum Gasteiger partial charge on any atom is 0.436 e. The average molecular weight is 283 g/mol. The third kappa shape index (κ3) is 2.69. The third-order valence-electron chi connectivity index (χ3n) is 3.55. The highest BCUT2D eigenvalue weighted by Gasteiger charge is 2.35. The lowest BCUT2D eigenvalue weighted by Gasteiger charge is -2.25. The molecule has 0 atom stereocenters. The predicted molar refractivity (Wildman–Crippen MR) is 69.7 cm³/mol. The molecule has 0 N–H and O–H groups in total. The maximum absolute atomic E-state index is 12.6. The van der Waals surface area contributed by atoms with E-state index in [1.54, 1.807) is 12.1 Å². The Morgan fingerprint density at radius 1 is 1.15 bits per heavy atom. The lowest BCUT2D eigenvalue weighted by molar-refractivity contribution is -0.141. The first-order valence-electron chi connectivity index (χ1n) is 6.35. The first-order valence-corrected chi connectivity index (χ1v) is 6.35. The first-order chi connectivity index (χ1) is 9.25. The van der Waals surface area contributed by atoms with E-state index in [-0.39, 0.29) is 5.41 Å². The van der Waals surface area contributed by atoms with Crippen LogP contribution in [-0.2, 0) is 11.6 Å². The van der Waals surface area contributed by atoms with Crippen LogP contribution in [0, 0.1) is 0 Å². The fourth-order valence-corrected chi connectivity index (χ4v) is 1.95. The number of rotatable bonds is 3. The molecule has 0 saturated heterocycles. The van der Waals surface area contributed by atoms with Gasteiger partial charge in [0.05, 0.1) is 11.9 Å². The molecule has 0 amide bonds. The molecule has 0 aliphatic rings. The zero-order valence-corrected chi connectivity index (χ0v) is 11.6. The predicted octanol–water partition coefficient (Wildman–Crippen LogP) is 3.97. The van der Waals surface area contributed by atoms with Gasteiger partial charge in [0.25, 0.3) is 0 Å². The molecule has 3 nitrogen and oxygen atoms in total. The number of hydrogen-bond acceptors (Lipinski definition) is 2. The van der Waals surface area contributed by atoms with E-state index in [0.717, 1.165) is 18.2 Å².